The molecule has 186 valence electrons. The number of ether oxygens (including phenoxy) is 1. The second kappa shape index (κ2) is 11.1. The van der Waals surface area contributed by atoms with E-state index in [0.717, 1.165) is 10.5 Å². The van der Waals surface area contributed by atoms with Gasteiger partial charge in [-0.1, -0.05) is 71.7 Å². The average Bonchev–Trinajstić information content (AvgIpc) is 2.94. The summed E-state index contributed by atoms with van der Waals surface area (Å²) >= 11 is 12.9. The van der Waals surface area contributed by atoms with Gasteiger partial charge >= 0.3 is 5.97 Å². The number of nitrogens with zero attached hydrogens (tertiary/aromatic N) is 2. The number of rotatable bonds is 7. The Bertz CT molecular complexity index is 1280. The summed E-state index contributed by atoms with van der Waals surface area (Å²) in [4.78, 5) is 40.2. The lowest BCUT2D eigenvalue weighted by atomic mass is 9.99. The monoisotopic (exact) mass is 526 g/mol. The second-order valence-electron chi connectivity index (χ2n) is 8.43. The maximum absolute atomic E-state index is 14.0. The summed E-state index contributed by atoms with van der Waals surface area (Å²) in [6.07, 6.45) is -1.95. The molecule has 0 saturated heterocycles. The fraction of sp³-hybridized carbons (Fsp3) is 0.222. The van der Waals surface area contributed by atoms with Crippen LogP contribution in [0.1, 0.15) is 29.7 Å². The molecule has 3 aromatic carbocycles. The van der Waals surface area contributed by atoms with E-state index in [-0.39, 0.29) is 13.1 Å². The number of benzene rings is 3. The number of amides is 2. The molecule has 2 amide bonds. The van der Waals surface area contributed by atoms with Gasteiger partial charge in [-0.25, -0.2) is 0 Å². The fourth-order valence-corrected chi connectivity index (χ4v) is 4.63. The zero-order valence-electron chi connectivity index (χ0n) is 19.4. The van der Waals surface area contributed by atoms with Crippen LogP contribution >= 0.6 is 23.2 Å². The molecule has 4 rings (SSSR count). The molecule has 1 N–H and O–H groups in total. The number of hydrogen-bond donors (Lipinski definition) is 1. The summed E-state index contributed by atoms with van der Waals surface area (Å²) < 4.78 is 6.38. The van der Waals surface area contributed by atoms with E-state index in [1.807, 2.05) is 36.4 Å². The fourth-order valence-electron chi connectivity index (χ4n) is 4.22. The highest BCUT2D eigenvalue weighted by atomic mass is 35.5. The molecule has 3 aromatic rings. The van der Waals surface area contributed by atoms with E-state index in [1.165, 1.54) is 6.92 Å². The Labute approximate surface area is 218 Å². The van der Waals surface area contributed by atoms with Gasteiger partial charge in [0.1, 0.15) is 12.6 Å². The lowest BCUT2D eigenvalue weighted by Crippen LogP contribution is -2.48. The van der Waals surface area contributed by atoms with Crippen LogP contribution in [0.2, 0.25) is 10.0 Å². The third-order valence-corrected chi connectivity index (χ3v) is 6.51. The van der Waals surface area contributed by atoms with E-state index >= 15 is 0 Å². The number of aliphatic carboxylic acids is 1. The van der Waals surface area contributed by atoms with Crippen molar-refractivity contribution < 1.29 is 24.2 Å². The van der Waals surface area contributed by atoms with Crippen LogP contribution in [0.25, 0.3) is 0 Å². The van der Waals surface area contributed by atoms with Gasteiger partial charge in [-0.05, 0) is 29.8 Å². The van der Waals surface area contributed by atoms with Gasteiger partial charge in [0.25, 0.3) is 5.91 Å². The molecule has 36 heavy (non-hydrogen) atoms. The van der Waals surface area contributed by atoms with Crippen LogP contribution in [0.5, 0.6) is 0 Å². The lowest BCUT2D eigenvalue weighted by molar-refractivity contribution is -0.147. The van der Waals surface area contributed by atoms with Crippen LogP contribution in [0.4, 0.5) is 5.69 Å². The van der Waals surface area contributed by atoms with Crippen molar-refractivity contribution in [1.29, 1.82) is 0 Å². The van der Waals surface area contributed by atoms with Crippen molar-refractivity contribution in [2.45, 2.75) is 25.7 Å². The van der Waals surface area contributed by atoms with Gasteiger partial charge in [0, 0.05) is 28.1 Å². The average molecular weight is 527 g/mol. The minimum atomic E-state index is -1.19. The van der Waals surface area contributed by atoms with Gasteiger partial charge < -0.3 is 19.6 Å². The molecule has 7 nitrogen and oxygen atoms in total. The summed E-state index contributed by atoms with van der Waals surface area (Å²) in [6, 6.07) is 21.8. The van der Waals surface area contributed by atoms with Gasteiger partial charge in [-0.3, -0.25) is 14.4 Å². The van der Waals surface area contributed by atoms with E-state index in [4.69, 9.17) is 27.9 Å². The molecule has 0 spiro atoms. The normalized spacial score (nSPS) is 17.3. The third-order valence-electron chi connectivity index (χ3n) is 5.93. The summed E-state index contributed by atoms with van der Waals surface area (Å²) in [7, 11) is 0. The molecule has 0 saturated carbocycles. The molecule has 0 fully saturated rings. The van der Waals surface area contributed by atoms with Gasteiger partial charge in [0.05, 0.1) is 18.8 Å². The van der Waals surface area contributed by atoms with Crippen molar-refractivity contribution in [1.82, 2.24) is 4.90 Å². The highest BCUT2D eigenvalue weighted by molar-refractivity contribution is 6.31. The predicted molar refractivity (Wildman–Crippen MR) is 137 cm³/mol. The Morgan fingerprint density at radius 3 is 2.36 bits per heavy atom. The van der Waals surface area contributed by atoms with Crippen LogP contribution < -0.4 is 4.90 Å². The number of anilines is 1. The Balaban J connectivity index is 1.85. The number of carbonyl (C=O) groups is 3. The number of carboxylic acids is 1. The van der Waals surface area contributed by atoms with Crippen molar-refractivity contribution in [3.63, 3.8) is 0 Å². The van der Waals surface area contributed by atoms with E-state index in [9.17, 15) is 19.5 Å². The van der Waals surface area contributed by atoms with Crippen molar-refractivity contribution in [2.75, 3.05) is 18.0 Å². The first-order chi connectivity index (χ1) is 17.2. The number of carbonyl (C=O) groups excluding carboxylic acids is 2. The molecular weight excluding hydrogens is 503 g/mol. The molecule has 0 bridgehead atoms. The third kappa shape index (κ3) is 5.70. The first-order valence-corrected chi connectivity index (χ1v) is 12.0. The van der Waals surface area contributed by atoms with Gasteiger partial charge in [0.15, 0.2) is 6.10 Å². The van der Waals surface area contributed by atoms with Crippen molar-refractivity contribution in [2.24, 2.45) is 0 Å². The maximum atomic E-state index is 14.0. The molecule has 2 atom stereocenters. The second-order valence-corrected chi connectivity index (χ2v) is 9.28. The first-order valence-electron chi connectivity index (χ1n) is 11.3. The Kier molecular flexibility index (Phi) is 7.94. The SMILES string of the molecule is CC(=O)N(CC(=O)O)C[C@H]1O[C@H](c2ccccc2Cl)c2cc(Cl)ccc2N(Cc2ccccc2)C1=O. The highest BCUT2D eigenvalue weighted by Gasteiger charge is 2.38. The summed E-state index contributed by atoms with van der Waals surface area (Å²) in [5, 5.41) is 10.2. The summed E-state index contributed by atoms with van der Waals surface area (Å²) in [5.41, 5.74) is 2.73. The minimum Gasteiger partial charge on any atom is -0.480 e. The van der Waals surface area contributed by atoms with Crippen LogP contribution in [0, 0.1) is 0 Å². The van der Waals surface area contributed by atoms with Crippen LogP contribution in [-0.4, -0.2) is 47.0 Å². The van der Waals surface area contributed by atoms with E-state index in [1.54, 1.807) is 41.3 Å². The molecular formula is C27H24Cl2N2O5. The largest absolute Gasteiger partial charge is 0.480 e. The first kappa shape index (κ1) is 25.7. The Morgan fingerprint density at radius 2 is 1.69 bits per heavy atom. The molecule has 1 aliphatic heterocycles. The molecule has 0 unspecified atom stereocenters. The number of halogens is 2. The summed E-state index contributed by atoms with van der Waals surface area (Å²) in [6.45, 7) is 0.694. The van der Waals surface area contributed by atoms with Gasteiger partial charge in [-0.2, -0.15) is 0 Å². The minimum absolute atomic E-state index is 0.239. The zero-order valence-corrected chi connectivity index (χ0v) is 20.9. The number of hydrogen-bond acceptors (Lipinski definition) is 4. The van der Waals surface area contributed by atoms with Crippen molar-refractivity contribution in [3.05, 3.63) is 99.5 Å². The maximum Gasteiger partial charge on any atom is 0.323 e. The summed E-state index contributed by atoms with van der Waals surface area (Å²) in [5.74, 6) is -2.08. The predicted octanol–water partition coefficient (Wildman–Crippen LogP) is 4.95. The van der Waals surface area contributed by atoms with Crippen LogP contribution in [-0.2, 0) is 25.7 Å². The molecule has 0 aromatic heterocycles. The molecule has 9 heteroatoms. The number of fused-ring (bicyclic) bond motifs is 1. The van der Waals surface area contributed by atoms with Gasteiger partial charge in [0.2, 0.25) is 5.91 Å². The van der Waals surface area contributed by atoms with Crippen LogP contribution in [0.3, 0.4) is 0 Å². The zero-order chi connectivity index (χ0) is 25.8. The molecule has 0 aliphatic carbocycles. The quantitative estimate of drug-likeness (QED) is 0.470. The molecule has 1 aliphatic rings. The standard InChI is InChI=1S/C27H24Cl2N2O5/c1-17(32)30(16-25(33)34)15-24-27(35)31(14-18-7-3-2-4-8-18)23-12-11-19(28)13-21(23)26(36-24)20-9-5-6-10-22(20)29/h2-13,24,26H,14-16H2,1H3,(H,33,34)/t24-,26-/m1/s1. The highest BCUT2D eigenvalue weighted by Crippen LogP contribution is 2.42. The Hall–Kier alpha value is -3.39. The topological polar surface area (TPSA) is 87.2 Å². The smallest absolute Gasteiger partial charge is 0.323 e. The number of carboxylic acid groups (broad SMARTS) is 1. The lowest BCUT2D eigenvalue weighted by Gasteiger charge is -2.28. The van der Waals surface area contributed by atoms with Crippen LogP contribution in [0.15, 0.2) is 72.8 Å². The Morgan fingerprint density at radius 1 is 1.00 bits per heavy atom. The molecule has 0 radical (unpaired) electrons. The van der Waals surface area contributed by atoms with Crippen molar-refractivity contribution >= 4 is 46.7 Å². The van der Waals surface area contributed by atoms with E-state index < -0.39 is 36.5 Å². The van der Waals surface area contributed by atoms with Gasteiger partial charge in [-0.15, -0.1) is 0 Å². The van der Waals surface area contributed by atoms with E-state index in [2.05, 4.69) is 0 Å². The molecule has 1 heterocycles. The van der Waals surface area contributed by atoms with Crippen molar-refractivity contribution in [3.8, 4) is 0 Å². The van der Waals surface area contributed by atoms with E-state index in [0.29, 0.717) is 26.9 Å².